The molecular weight excluding hydrogens is 601 g/mol. The van der Waals surface area contributed by atoms with Gasteiger partial charge in [0.05, 0.1) is 33.1 Å². The molecule has 0 atom stereocenters. The van der Waals surface area contributed by atoms with Crippen LogP contribution in [0.4, 0.5) is 0 Å². The highest BCUT2D eigenvalue weighted by Gasteiger charge is 2.25. The predicted octanol–water partition coefficient (Wildman–Crippen LogP) is 11.4. The Hall–Kier alpha value is -6.72. The standard InChI is InChI=1S/C44H26N4O/c1-3-13-27(14-4-1)41-44(46-36-20-10-9-19-35(36)45-41)48-39-26-38-33(29-17-7-11-21-37(29)47(38)28-15-5-2-6-16-28)25-34(39)31-23-24-32-30-18-8-12-22-40(30)49-43(32)42(31)48/h1-26H. The Kier molecular flexibility index (Phi) is 5.32. The summed E-state index contributed by atoms with van der Waals surface area (Å²) in [6, 6.07) is 55.2. The number of hydrogen-bond donors (Lipinski definition) is 0. The van der Waals surface area contributed by atoms with Gasteiger partial charge in [0.2, 0.25) is 0 Å². The van der Waals surface area contributed by atoms with E-state index in [9.17, 15) is 0 Å². The van der Waals surface area contributed by atoms with Crippen LogP contribution >= 0.6 is 0 Å². The summed E-state index contributed by atoms with van der Waals surface area (Å²) in [6.45, 7) is 0. The molecule has 7 aromatic carbocycles. The zero-order chi connectivity index (χ0) is 32.1. The van der Waals surface area contributed by atoms with Crippen LogP contribution in [0.15, 0.2) is 162 Å². The molecule has 0 saturated carbocycles. The molecule has 5 nitrogen and oxygen atoms in total. The van der Waals surface area contributed by atoms with Crippen LogP contribution in [-0.2, 0) is 0 Å². The first-order chi connectivity index (χ1) is 24.3. The number of hydrogen-bond acceptors (Lipinski definition) is 3. The van der Waals surface area contributed by atoms with E-state index in [1.807, 2.05) is 42.5 Å². The second-order valence-electron chi connectivity index (χ2n) is 12.6. The maximum absolute atomic E-state index is 6.76. The largest absolute Gasteiger partial charge is 0.454 e. The maximum atomic E-state index is 6.76. The van der Waals surface area contributed by atoms with Gasteiger partial charge in [-0.3, -0.25) is 4.57 Å². The first kappa shape index (κ1) is 26.4. The van der Waals surface area contributed by atoms with E-state index >= 15 is 0 Å². The highest BCUT2D eigenvalue weighted by molar-refractivity contribution is 6.25. The van der Waals surface area contributed by atoms with E-state index in [0.717, 1.165) is 83.1 Å². The number of aromatic nitrogens is 4. The first-order valence-corrected chi connectivity index (χ1v) is 16.5. The number of nitrogens with zero attached hydrogens (tertiary/aromatic N) is 4. The number of rotatable bonds is 3. The van der Waals surface area contributed by atoms with Crippen LogP contribution in [0.3, 0.4) is 0 Å². The number of benzene rings is 7. The molecule has 49 heavy (non-hydrogen) atoms. The van der Waals surface area contributed by atoms with Gasteiger partial charge in [-0.2, -0.15) is 0 Å². The minimum atomic E-state index is 0.763. The molecule has 11 rings (SSSR count). The van der Waals surface area contributed by atoms with Gasteiger partial charge < -0.3 is 8.98 Å². The van der Waals surface area contributed by atoms with Gasteiger partial charge >= 0.3 is 0 Å². The summed E-state index contributed by atoms with van der Waals surface area (Å²) in [5, 5.41) is 6.82. The lowest BCUT2D eigenvalue weighted by atomic mass is 10.1. The molecule has 0 aliphatic heterocycles. The molecule has 0 aliphatic rings. The molecule has 0 spiro atoms. The topological polar surface area (TPSA) is 48.8 Å². The van der Waals surface area contributed by atoms with Gasteiger partial charge in [0.25, 0.3) is 0 Å². The smallest absolute Gasteiger partial charge is 0.165 e. The van der Waals surface area contributed by atoms with E-state index in [-0.39, 0.29) is 0 Å². The fourth-order valence-corrected chi connectivity index (χ4v) is 7.75. The highest BCUT2D eigenvalue weighted by Crippen LogP contribution is 2.44. The van der Waals surface area contributed by atoms with Gasteiger partial charge in [-0.25, -0.2) is 9.97 Å². The maximum Gasteiger partial charge on any atom is 0.165 e. The van der Waals surface area contributed by atoms with Gasteiger partial charge in [0.15, 0.2) is 11.4 Å². The summed E-state index contributed by atoms with van der Waals surface area (Å²) in [4.78, 5) is 10.7. The Morgan fingerprint density at radius 2 is 1.06 bits per heavy atom. The van der Waals surface area contributed by atoms with Crippen molar-refractivity contribution in [3.05, 3.63) is 158 Å². The number of para-hydroxylation sites is 5. The van der Waals surface area contributed by atoms with Crippen molar-refractivity contribution >= 4 is 76.6 Å². The lowest BCUT2D eigenvalue weighted by molar-refractivity contribution is 0.671. The minimum absolute atomic E-state index is 0.763. The molecule has 5 heteroatoms. The van der Waals surface area contributed by atoms with Crippen LogP contribution in [0.25, 0.3) is 99.3 Å². The SMILES string of the molecule is c1ccc(-c2nc3ccccc3nc2-n2c3cc4c(cc3c3ccc5c6ccccc6oc5c32)c2ccccc2n4-c2ccccc2)cc1. The van der Waals surface area contributed by atoms with Crippen molar-refractivity contribution in [2.45, 2.75) is 0 Å². The molecule has 4 aromatic heterocycles. The highest BCUT2D eigenvalue weighted by atomic mass is 16.3. The third-order valence-corrected chi connectivity index (χ3v) is 9.89. The Bertz CT molecular complexity index is 3100. The van der Waals surface area contributed by atoms with Crippen molar-refractivity contribution < 1.29 is 4.42 Å². The van der Waals surface area contributed by atoms with Crippen molar-refractivity contribution in [1.29, 1.82) is 0 Å². The summed E-state index contributed by atoms with van der Waals surface area (Å²) in [5.74, 6) is 0.763. The minimum Gasteiger partial charge on any atom is -0.454 e. The average Bonchev–Trinajstić information content (AvgIpc) is 3.81. The van der Waals surface area contributed by atoms with E-state index < -0.39 is 0 Å². The van der Waals surface area contributed by atoms with Crippen molar-refractivity contribution in [3.63, 3.8) is 0 Å². The number of fused-ring (bicyclic) bond motifs is 11. The second kappa shape index (κ2) is 9.89. The van der Waals surface area contributed by atoms with Gasteiger partial charge in [0, 0.05) is 43.6 Å². The Balaban J connectivity index is 1.38. The second-order valence-corrected chi connectivity index (χ2v) is 12.6. The molecule has 0 bridgehead atoms. The van der Waals surface area contributed by atoms with Gasteiger partial charge in [0.1, 0.15) is 11.3 Å². The average molecular weight is 627 g/mol. The number of furan rings is 1. The quantitative estimate of drug-likeness (QED) is 0.196. The summed E-state index contributed by atoms with van der Waals surface area (Å²) in [6.07, 6.45) is 0. The molecule has 0 radical (unpaired) electrons. The zero-order valence-electron chi connectivity index (χ0n) is 26.2. The van der Waals surface area contributed by atoms with E-state index in [1.165, 1.54) is 16.3 Å². The van der Waals surface area contributed by atoms with Crippen LogP contribution in [0.1, 0.15) is 0 Å². The first-order valence-electron chi connectivity index (χ1n) is 16.5. The molecule has 0 N–H and O–H groups in total. The summed E-state index contributed by atoms with van der Waals surface area (Å²) in [7, 11) is 0. The molecule has 11 aromatic rings. The predicted molar refractivity (Wildman–Crippen MR) is 201 cm³/mol. The summed E-state index contributed by atoms with van der Waals surface area (Å²) < 4.78 is 11.4. The van der Waals surface area contributed by atoms with Crippen molar-refractivity contribution in [2.24, 2.45) is 0 Å². The molecular formula is C44H26N4O. The van der Waals surface area contributed by atoms with E-state index in [2.05, 4.69) is 124 Å². The lowest BCUT2D eigenvalue weighted by Gasteiger charge is -2.14. The summed E-state index contributed by atoms with van der Waals surface area (Å²) >= 11 is 0. The fraction of sp³-hybridized carbons (Fsp3) is 0. The van der Waals surface area contributed by atoms with Crippen molar-refractivity contribution in [2.75, 3.05) is 0 Å². The third kappa shape index (κ3) is 3.70. The molecule has 0 saturated heterocycles. The van der Waals surface area contributed by atoms with Gasteiger partial charge in [-0.05, 0) is 54.6 Å². The van der Waals surface area contributed by atoms with Crippen molar-refractivity contribution in [1.82, 2.24) is 19.1 Å². The third-order valence-electron chi connectivity index (χ3n) is 9.89. The van der Waals surface area contributed by atoms with Gasteiger partial charge in [-0.15, -0.1) is 0 Å². The van der Waals surface area contributed by atoms with Crippen LogP contribution in [0.2, 0.25) is 0 Å². The monoisotopic (exact) mass is 626 g/mol. The van der Waals surface area contributed by atoms with E-state index in [1.54, 1.807) is 0 Å². The summed E-state index contributed by atoms with van der Waals surface area (Å²) in [5.41, 5.74) is 10.6. The van der Waals surface area contributed by atoms with Crippen LogP contribution in [-0.4, -0.2) is 19.1 Å². The Labute approximate surface area is 279 Å². The lowest BCUT2D eigenvalue weighted by Crippen LogP contribution is -2.04. The van der Waals surface area contributed by atoms with Crippen LogP contribution in [0, 0.1) is 0 Å². The fourth-order valence-electron chi connectivity index (χ4n) is 7.75. The molecule has 4 heterocycles. The van der Waals surface area contributed by atoms with Gasteiger partial charge in [-0.1, -0.05) is 103 Å². The van der Waals surface area contributed by atoms with Crippen LogP contribution < -0.4 is 0 Å². The molecule has 0 unspecified atom stereocenters. The van der Waals surface area contributed by atoms with E-state index in [0.29, 0.717) is 0 Å². The molecule has 0 amide bonds. The molecule has 228 valence electrons. The Morgan fingerprint density at radius 3 is 1.90 bits per heavy atom. The Morgan fingerprint density at radius 1 is 0.429 bits per heavy atom. The zero-order valence-corrected chi connectivity index (χ0v) is 26.2. The normalized spacial score (nSPS) is 12.1. The van der Waals surface area contributed by atoms with Crippen LogP contribution in [0.5, 0.6) is 0 Å². The molecule has 0 aliphatic carbocycles. The van der Waals surface area contributed by atoms with Crippen molar-refractivity contribution in [3.8, 4) is 22.8 Å². The molecule has 0 fully saturated rings. The van der Waals surface area contributed by atoms with E-state index in [4.69, 9.17) is 14.4 Å².